The maximum absolute atomic E-state index is 13.6. The highest BCUT2D eigenvalue weighted by molar-refractivity contribution is 5.90. The van der Waals surface area contributed by atoms with Gasteiger partial charge in [0.05, 0.1) is 5.56 Å². The molecule has 1 N–H and O–H groups in total. The average molecular weight is 196 g/mol. The molecule has 0 saturated carbocycles. The van der Waals surface area contributed by atoms with Gasteiger partial charge in [0, 0.05) is 0 Å². The van der Waals surface area contributed by atoms with E-state index >= 15 is 0 Å². The Morgan fingerprint density at radius 2 is 1.43 bits per heavy atom. The second-order valence-electron chi connectivity index (χ2n) is 3.49. The van der Waals surface area contributed by atoms with Gasteiger partial charge in [-0.2, -0.15) is 0 Å². The Kier molecular flexibility index (Phi) is 2.60. The van der Waals surface area contributed by atoms with Crippen LogP contribution in [0.5, 0.6) is 0 Å². The molecule has 0 fully saturated rings. The van der Waals surface area contributed by atoms with Crippen LogP contribution < -0.4 is 0 Å². The third kappa shape index (κ3) is 1.39. The van der Waals surface area contributed by atoms with Gasteiger partial charge in [0.15, 0.2) is 0 Å². The Bertz CT molecular complexity index is 379. The van der Waals surface area contributed by atoms with Crippen LogP contribution in [0, 0.1) is 33.5 Å². The SMILES string of the molecule is Cc1c(C)c(C)c(C(=O)O)c(F)c1C. The van der Waals surface area contributed by atoms with Gasteiger partial charge in [-0.25, -0.2) is 9.18 Å². The highest BCUT2D eigenvalue weighted by Gasteiger charge is 2.19. The minimum atomic E-state index is -1.20. The van der Waals surface area contributed by atoms with Gasteiger partial charge in [-0.15, -0.1) is 0 Å². The van der Waals surface area contributed by atoms with E-state index in [4.69, 9.17) is 5.11 Å². The molecule has 76 valence electrons. The van der Waals surface area contributed by atoms with Crippen molar-refractivity contribution in [2.24, 2.45) is 0 Å². The first kappa shape index (κ1) is 10.7. The largest absolute Gasteiger partial charge is 0.478 e. The Balaban J connectivity index is 3.68. The minimum absolute atomic E-state index is 0.203. The maximum Gasteiger partial charge on any atom is 0.338 e. The van der Waals surface area contributed by atoms with Crippen LogP contribution in [0.3, 0.4) is 0 Å². The molecule has 14 heavy (non-hydrogen) atoms. The average Bonchev–Trinajstić information content (AvgIpc) is 2.11. The summed E-state index contributed by atoms with van der Waals surface area (Å²) >= 11 is 0. The van der Waals surface area contributed by atoms with Crippen molar-refractivity contribution in [3.8, 4) is 0 Å². The van der Waals surface area contributed by atoms with E-state index in [9.17, 15) is 9.18 Å². The molecule has 0 heterocycles. The molecule has 0 amide bonds. The van der Waals surface area contributed by atoms with Gasteiger partial charge in [0.1, 0.15) is 5.82 Å². The second-order valence-corrected chi connectivity index (χ2v) is 3.49. The van der Waals surface area contributed by atoms with Crippen LogP contribution in [0.25, 0.3) is 0 Å². The molecule has 0 radical (unpaired) electrons. The first-order chi connectivity index (χ1) is 6.37. The Labute approximate surface area is 82.4 Å². The van der Waals surface area contributed by atoms with E-state index in [1.165, 1.54) is 0 Å². The molecule has 0 unspecified atom stereocenters. The third-order valence-corrected chi connectivity index (χ3v) is 2.83. The fraction of sp³-hybridized carbons (Fsp3) is 0.364. The van der Waals surface area contributed by atoms with E-state index in [0.29, 0.717) is 11.1 Å². The molecule has 0 saturated heterocycles. The number of carboxylic acids is 1. The van der Waals surface area contributed by atoms with Crippen molar-refractivity contribution in [1.29, 1.82) is 0 Å². The van der Waals surface area contributed by atoms with Gasteiger partial charge in [0.25, 0.3) is 0 Å². The molecule has 2 nitrogen and oxygen atoms in total. The number of hydrogen-bond donors (Lipinski definition) is 1. The molecule has 0 aromatic heterocycles. The number of benzene rings is 1. The van der Waals surface area contributed by atoms with Crippen LogP contribution >= 0.6 is 0 Å². The topological polar surface area (TPSA) is 37.3 Å². The van der Waals surface area contributed by atoms with Gasteiger partial charge >= 0.3 is 5.97 Å². The molecule has 0 aliphatic heterocycles. The molecule has 1 aromatic carbocycles. The smallest absolute Gasteiger partial charge is 0.338 e. The first-order valence-electron chi connectivity index (χ1n) is 4.37. The van der Waals surface area contributed by atoms with E-state index in [0.717, 1.165) is 11.1 Å². The number of carboxylic acid groups (broad SMARTS) is 1. The van der Waals surface area contributed by atoms with Crippen LogP contribution in [0.4, 0.5) is 4.39 Å². The minimum Gasteiger partial charge on any atom is -0.478 e. The predicted octanol–water partition coefficient (Wildman–Crippen LogP) is 2.76. The Morgan fingerprint density at radius 1 is 1.00 bits per heavy atom. The lowest BCUT2D eigenvalue weighted by Gasteiger charge is -2.13. The summed E-state index contributed by atoms with van der Waals surface area (Å²) in [6.45, 7) is 6.84. The number of carbonyl (C=O) groups is 1. The van der Waals surface area contributed by atoms with E-state index in [1.807, 2.05) is 6.92 Å². The zero-order chi connectivity index (χ0) is 11.0. The van der Waals surface area contributed by atoms with E-state index < -0.39 is 11.8 Å². The molecule has 1 rings (SSSR count). The number of rotatable bonds is 1. The van der Waals surface area contributed by atoms with Gasteiger partial charge in [-0.1, -0.05) is 0 Å². The molecule has 1 aromatic rings. The summed E-state index contributed by atoms with van der Waals surface area (Å²) in [7, 11) is 0. The second kappa shape index (κ2) is 3.40. The summed E-state index contributed by atoms with van der Waals surface area (Å²) in [5.41, 5.74) is 2.40. The van der Waals surface area contributed by atoms with E-state index in [1.54, 1.807) is 20.8 Å². The quantitative estimate of drug-likeness (QED) is 0.749. The van der Waals surface area contributed by atoms with Crippen LogP contribution in [-0.4, -0.2) is 11.1 Å². The molecular formula is C11H13FO2. The summed E-state index contributed by atoms with van der Waals surface area (Å²) < 4.78 is 13.6. The van der Waals surface area contributed by atoms with Crippen LogP contribution in [0.1, 0.15) is 32.6 Å². The lowest BCUT2D eigenvalue weighted by molar-refractivity contribution is 0.0690. The summed E-state index contributed by atoms with van der Waals surface area (Å²) in [4.78, 5) is 10.8. The maximum atomic E-state index is 13.6. The standard InChI is InChI=1S/C11H13FO2/c1-5-6(2)8(4)10(12)9(7(5)3)11(13)14/h1-4H3,(H,13,14). The first-order valence-corrected chi connectivity index (χ1v) is 4.37. The summed E-state index contributed by atoms with van der Waals surface area (Å²) in [5, 5.41) is 8.85. The molecule has 3 heteroatoms. The molecule has 0 bridgehead atoms. The zero-order valence-electron chi connectivity index (χ0n) is 8.73. The molecule has 0 aliphatic rings. The third-order valence-electron chi connectivity index (χ3n) is 2.83. The van der Waals surface area contributed by atoms with Crippen molar-refractivity contribution < 1.29 is 14.3 Å². The summed E-state index contributed by atoms with van der Waals surface area (Å²) in [5.74, 6) is -1.82. The molecular weight excluding hydrogens is 183 g/mol. The van der Waals surface area contributed by atoms with Gasteiger partial charge in [-0.3, -0.25) is 0 Å². The fourth-order valence-corrected chi connectivity index (χ4v) is 1.52. The lowest BCUT2D eigenvalue weighted by atomic mass is 9.94. The van der Waals surface area contributed by atoms with Gasteiger partial charge in [-0.05, 0) is 49.9 Å². The Hall–Kier alpha value is -1.38. The van der Waals surface area contributed by atoms with Crippen molar-refractivity contribution >= 4 is 5.97 Å². The summed E-state index contributed by atoms with van der Waals surface area (Å²) in [6.07, 6.45) is 0. The van der Waals surface area contributed by atoms with Crippen molar-refractivity contribution in [3.63, 3.8) is 0 Å². The monoisotopic (exact) mass is 196 g/mol. The summed E-state index contributed by atoms with van der Waals surface area (Å²) in [6, 6.07) is 0. The highest BCUT2D eigenvalue weighted by Crippen LogP contribution is 2.25. The van der Waals surface area contributed by atoms with Crippen molar-refractivity contribution in [1.82, 2.24) is 0 Å². The fourth-order valence-electron chi connectivity index (χ4n) is 1.52. The van der Waals surface area contributed by atoms with Crippen LogP contribution in [-0.2, 0) is 0 Å². The van der Waals surface area contributed by atoms with Gasteiger partial charge < -0.3 is 5.11 Å². The van der Waals surface area contributed by atoms with Crippen LogP contribution in [0.15, 0.2) is 0 Å². The van der Waals surface area contributed by atoms with Crippen molar-refractivity contribution in [2.45, 2.75) is 27.7 Å². The number of hydrogen-bond acceptors (Lipinski definition) is 1. The number of halogens is 1. The predicted molar refractivity (Wildman–Crippen MR) is 52.3 cm³/mol. The lowest BCUT2D eigenvalue weighted by Crippen LogP contribution is -2.09. The van der Waals surface area contributed by atoms with E-state index in [-0.39, 0.29) is 5.56 Å². The Morgan fingerprint density at radius 3 is 1.86 bits per heavy atom. The zero-order valence-corrected chi connectivity index (χ0v) is 8.73. The van der Waals surface area contributed by atoms with E-state index in [2.05, 4.69) is 0 Å². The molecule has 0 aliphatic carbocycles. The van der Waals surface area contributed by atoms with Gasteiger partial charge in [0.2, 0.25) is 0 Å². The number of aromatic carboxylic acids is 1. The van der Waals surface area contributed by atoms with Crippen molar-refractivity contribution in [2.75, 3.05) is 0 Å². The van der Waals surface area contributed by atoms with Crippen LogP contribution in [0.2, 0.25) is 0 Å². The normalized spacial score (nSPS) is 10.4. The molecule has 0 spiro atoms. The molecule has 0 atom stereocenters. The van der Waals surface area contributed by atoms with Crippen molar-refractivity contribution in [3.05, 3.63) is 33.6 Å². The highest BCUT2D eigenvalue weighted by atomic mass is 19.1.